The summed E-state index contributed by atoms with van der Waals surface area (Å²) in [7, 11) is 0. The van der Waals surface area contributed by atoms with E-state index < -0.39 is 0 Å². The molecular formula is C17H25N3OS. The van der Waals surface area contributed by atoms with Crippen molar-refractivity contribution in [1.29, 1.82) is 0 Å². The van der Waals surface area contributed by atoms with Crippen LogP contribution in [0.15, 0.2) is 6.33 Å². The quantitative estimate of drug-likeness (QED) is 0.782. The van der Waals surface area contributed by atoms with Crippen molar-refractivity contribution in [2.75, 3.05) is 25.1 Å². The molecule has 2 aromatic heterocycles. The zero-order chi connectivity index (χ0) is 15.4. The maximum atomic E-state index is 5.63. The number of aryl methyl sites for hydroxylation is 2. The molecule has 0 atom stereocenters. The van der Waals surface area contributed by atoms with Crippen molar-refractivity contribution in [1.82, 2.24) is 9.97 Å². The molecule has 0 fully saturated rings. The van der Waals surface area contributed by atoms with E-state index in [1.54, 1.807) is 6.33 Å². The van der Waals surface area contributed by atoms with Gasteiger partial charge in [0.15, 0.2) is 0 Å². The van der Waals surface area contributed by atoms with Crippen molar-refractivity contribution in [3.05, 3.63) is 16.8 Å². The first-order valence-electron chi connectivity index (χ1n) is 8.32. The molecule has 4 nitrogen and oxygen atoms in total. The number of hydrogen-bond donors (Lipinski definition) is 1. The SMILES string of the molecule is CC(C)COCCCNc1ncnc2sc3c(c12)CCCC3. The molecule has 22 heavy (non-hydrogen) atoms. The van der Waals surface area contributed by atoms with E-state index in [0.29, 0.717) is 5.92 Å². The van der Waals surface area contributed by atoms with Gasteiger partial charge < -0.3 is 10.1 Å². The summed E-state index contributed by atoms with van der Waals surface area (Å²) in [6.45, 7) is 6.90. The molecule has 3 rings (SSSR count). The average Bonchev–Trinajstić information content (AvgIpc) is 2.89. The lowest BCUT2D eigenvalue weighted by Crippen LogP contribution is -2.10. The summed E-state index contributed by atoms with van der Waals surface area (Å²) in [5.74, 6) is 1.61. The summed E-state index contributed by atoms with van der Waals surface area (Å²) in [4.78, 5) is 11.6. The second kappa shape index (κ2) is 7.38. The highest BCUT2D eigenvalue weighted by Crippen LogP contribution is 2.37. The highest BCUT2D eigenvalue weighted by atomic mass is 32.1. The van der Waals surface area contributed by atoms with Crippen molar-refractivity contribution in [2.45, 2.75) is 46.0 Å². The first kappa shape index (κ1) is 15.7. The van der Waals surface area contributed by atoms with Crippen molar-refractivity contribution in [3.63, 3.8) is 0 Å². The Kier molecular flexibility index (Phi) is 5.26. The Morgan fingerprint density at radius 3 is 3.00 bits per heavy atom. The van der Waals surface area contributed by atoms with Crippen LogP contribution in [0.5, 0.6) is 0 Å². The van der Waals surface area contributed by atoms with E-state index in [-0.39, 0.29) is 0 Å². The van der Waals surface area contributed by atoms with E-state index in [9.17, 15) is 0 Å². The van der Waals surface area contributed by atoms with E-state index >= 15 is 0 Å². The van der Waals surface area contributed by atoms with Crippen LogP contribution < -0.4 is 5.32 Å². The van der Waals surface area contributed by atoms with Gasteiger partial charge in [-0.05, 0) is 43.6 Å². The van der Waals surface area contributed by atoms with Crippen LogP contribution >= 0.6 is 11.3 Å². The smallest absolute Gasteiger partial charge is 0.138 e. The van der Waals surface area contributed by atoms with Crippen LogP contribution in [0.3, 0.4) is 0 Å². The van der Waals surface area contributed by atoms with Gasteiger partial charge in [-0.3, -0.25) is 0 Å². The van der Waals surface area contributed by atoms with Crippen molar-refractivity contribution in [2.24, 2.45) is 5.92 Å². The van der Waals surface area contributed by atoms with Crippen LogP contribution in [0, 0.1) is 5.92 Å². The van der Waals surface area contributed by atoms with Gasteiger partial charge in [-0.15, -0.1) is 11.3 Å². The van der Waals surface area contributed by atoms with E-state index in [2.05, 4.69) is 29.1 Å². The number of hydrogen-bond acceptors (Lipinski definition) is 5. The van der Waals surface area contributed by atoms with Gasteiger partial charge in [0.1, 0.15) is 17.0 Å². The van der Waals surface area contributed by atoms with Crippen LogP contribution in [0.25, 0.3) is 10.2 Å². The summed E-state index contributed by atoms with van der Waals surface area (Å²) in [6, 6.07) is 0. The predicted octanol–water partition coefficient (Wildman–Crippen LogP) is 4.04. The Morgan fingerprint density at radius 1 is 1.27 bits per heavy atom. The Morgan fingerprint density at radius 2 is 2.14 bits per heavy atom. The Hall–Kier alpha value is -1.20. The topological polar surface area (TPSA) is 47.0 Å². The third-order valence-electron chi connectivity index (χ3n) is 3.96. The summed E-state index contributed by atoms with van der Waals surface area (Å²) >= 11 is 1.85. The van der Waals surface area contributed by atoms with Crippen LogP contribution in [-0.2, 0) is 17.6 Å². The van der Waals surface area contributed by atoms with E-state index in [4.69, 9.17) is 4.74 Å². The minimum atomic E-state index is 0.603. The molecule has 1 aliphatic rings. The number of anilines is 1. The summed E-state index contributed by atoms with van der Waals surface area (Å²) in [5, 5.41) is 4.76. The highest BCUT2D eigenvalue weighted by Gasteiger charge is 2.19. The van der Waals surface area contributed by atoms with E-state index in [1.807, 2.05) is 11.3 Å². The van der Waals surface area contributed by atoms with E-state index in [0.717, 1.165) is 36.8 Å². The van der Waals surface area contributed by atoms with Crippen LogP contribution in [0.2, 0.25) is 0 Å². The second-order valence-corrected chi connectivity index (χ2v) is 7.45. The minimum absolute atomic E-state index is 0.603. The molecule has 120 valence electrons. The van der Waals surface area contributed by atoms with Crippen molar-refractivity contribution >= 4 is 27.4 Å². The number of aromatic nitrogens is 2. The molecule has 0 spiro atoms. The highest BCUT2D eigenvalue weighted by molar-refractivity contribution is 7.19. The Balaban J connectivity index is 1.63. The van der Waals surface area contributed by atoms with Gasteiger partial charge in [-0.1, -0.05) is 13.8 Å². The molecule has 0 bridgehead atoms. The maximum absolute atomic E-state index is 5.63. The Bertz CT molecular complexity index is 624. The van der Waals surface area contributed by atoms with Crippen molar-refractivity contribution < 1.29 is 4.74 Å². The molecule has 0 unspecified atom stereocenters. The number of ether oxygens (including phenoxy) is 1. The zero-order valence-electron chi connectivity index (χ0n) is 13.5. The molecule has 0 saturated carbocycles. The van der Waals surface area contributed by atoms with Crippen molar-refractivity contribution in [3.8, 4) is 0 Å². The number of nitrogens with zero attached hydrogens (tertiary/aromatic N) is 2. The molecule has 2 heterocycles. The fourth-order valence-corrected chi connectivity index (χ4v) is 4.15. The average molecular weight is 319 g/mol. The molecular weight excluding hydrogens is 294 g/mol. The summed E-state index contributed by atoms with van der Waals surface area (Å²) < 4.78 is 5.63. The third kappa shape index (κ3) is 3.58. The number of thiophene rings is 1. The molecule has 0 radical (unpaired) electrons. The van der Waals surface area contributed by atoms with Crippen LogP contribution in [0.4, 0.5) is 5.82 Å². The third-order valence-corrected chi connectivity index (χ3v) is 5.16. The van der Waals surface area contributed by atoms with Crippen LogP contribution in [-0.4, -0.2) is 29.7 Å². The molecule has 0 saturated heterocycles. The first-order chi connectivity index (χ1) is 10.8. The molecule has 0 aliphatic heterocycles. The van der Waals surface area contributed by atoms with Gasteiger partial charge >= 0.3 is 0 Å². The summed E-state index contributed by atoms with van der Waals surface area (Å²) in [5.41, 5.74) is 1.49. The van der Waals surface area contributed by atoms with Gasteiger partial charge in [0, 0.05) is 24.6 Å². The number of fused-ring (bicyclic) bond motifs is 3. The monoisotopic (exact) mass is 319 g/mol. The van der Waals surface area contributed by atoms with Gasteiger partial charge in [0.2, 0.25) is 0 Å². The summed E-state index contributed by atoms with van der Waals surface area (Å²) in [6.07, 6.45) is 7.67. The molecule has 2 aromatic rings. The molecule has 0 amide bonds. The lowest BCUT2D eigenvalue weighted by Gasteiger charge is -2.12. The largest absolute Gasteiger partial charge is 0.381 e. The fraction of sp³-hybridized carbons (Fsp3) is 0.647. The predicted molar refractivity (Wildman–Crippen MR) is 92.8 cm³/mol. The molecule has 1 N–H and O–H groups in total. The second-order valence-electron chi connectivity index (χ2n) is 6.36. The lowest BCUT2D eigenvalue weighted by molar-refractivity contribution is 0.110. The van der Waals surface area contributed by atoms with E-state index in [1.165, 1.54) is 41.5 Å². The molecule has 5 heteroatoms. The molecule has 1 aliphatic carbocycles. The van der Waals surface area contributed by atoms with Gasteiger partial charge in [0.25, 0.3) is 0 Å². The lowest BCUT2D eigenvalue weighted by atomic mass is 9.97. The van der Waals surface area contributed by atoms with Gasteiger partial charge in [-0.25, -0.2) is 9.97 Å². The standard InChI is InChI=1S/C17H25N3OS/c1-12(2)10-21-9-5-8-18-16-15-13-6-3-4-7-14(13)22-17(15)20-11-19-16/h11-12H,3-10H2,1-2H3,(H,18,19,20). The Labute approximate surface area is 136 Å². The maximum Gasteiger partial charge on any atom is 0.138 e. The van der Waals surface area contributed by atoms with Crippen LogP contribution in [0.1, 0.15) is 43.6 Å². The fourth-order valence-electron chi connectivity index (χ4n) is 2.92. The van der Waals surface area contributed by atoms with Gasteiger partial charge in [-0.2, -0.15) is 0 Å². The minimum Gasteiger partial charge on any atom is -0.381 e. The van der Waals surface area contributed by atoms with Gasteiger partial charge in [0.05, 0.1) is 5.39 Å². The number of nitrogens with one attached hydrogen (secondary N) is 1. The molecule has 0 aromatic carbocycles. The normalized spacial score (nSPS) is 14.5. The zero-order valence-corrected chi connectivity index (χ0v) is 14.3. The first-order valence-corrected chi connectivity index (χ1v) is 9.14. The number of rotatable bonds is 7.